The van der Waals surface area contributed by atoms with Crippen LogP contribution in [0.15, 0.2) is 12.1 Å². The van der Waals surface area contributed by atoms with Gasteiger partial charge >= 0.3 is 0 Å². The number of amides is 1. The summed E-state index contributed by atoms with van der Waals surface area (Å²) in [7, 11) is 0. The molecular weight excluding hydrogens is 215 g/mol. The zero-order valence-corrected chi connectivity index (χ0v) is 8.57. The zero-order valence-electron chi connectivity index (χ0n) is 8.57. The highest BCUT2D eigenvalue weighted by atomic mass is 19.1. The van der Waals surface area contributed by atoms with Crippen LogP contribution in [0.4, 0.5) is 15.8 Å². The average Bonchev–Trinajstić information content (AvgIpc) is 2.62. The normalized spacial score (nSPS) is 13.8. The first kappa shape index (κ1) is 10.5. The Morgan fingerprint density at radius 1 is 1.56 bits per heavy atom. The molecule has 0 fully saturated rings. The number of fused-ring (bicyclic) bond motifs is 1. The van der Waals surface area contributed by atoms with Crippen LogP contribution in [0.25, 0.3) is 0 Å². The highest BCUT2D eigenvalue weighted by Gasteiger charge is 2.32. The lowest BCUT2D eigenvalue weighted by molar-refractivity contribution is -0.384. The number of hydrogen-bond donors (Lipinski definition) is 0. The van der Waals surface area contributed by atoms with Crippen molar-refractivity contribution in [3.8, 4) is 0 Å². The van der Waals surface area contributed by atoms with E-state index in [1.165, 1.54) is 11.8 Å². The molecule has 1 amide bonds. The first-order valence-corrected chi connectivity index (χ1v) is 4.76. The van der Waals surface area contributed by atoms with E-state index in [0.29, 0.717) is 13.0 Å². The molecule has 1 heterocycles. The molecule has 0 aromatic heterocycles. The van der Waals surface area contributed by atoms with Gasteiger partial charge < -0.3 is 4.90 Å². The Kier molecular flexibility index (Phi) is 2.34. The van der Waals surface area contributed by atoms with Crippen molar-refractivity contribution in [3.63, 3.8) is 0 Å². The highest BCUT2D eigenvalue weighted by molar-refractivity contribution is 5.96. The van der Waals surface area contributed by atoms with Crippen LogP contribution in [-0.4, -0.2) is 17.4 Å². The molecule has 0 spiro atoms. The lowest BCUT2D eigenvalue weighted by Gasteiger charge is -2.14. The van der Waals surface area contributed by atoms with E-state index in [4.69, 9.17) is 0 Å². The molecule has 1 aromatic carbocycles. The quantitative estimate of drug-likeness (QED) is 0.538. The van der Waals surface area contributed by atoms with Gasteiger partial charge in [0.2, 0.25) is 5.91 Å². The topological polar surface area (TPSA) is 63.5 Å². The van der Waals surface area contributed by atoms with Crippen molar-refractivity contribution in [1.29, 1.82) is 0 Å². The number of nitro groups is 1. The Bertz CT molecular complexity index is 487. The molecule has 0 aliphatic carbocycles. The summed E-state index contributed by atoms with van der Waals surface area (Å²) in [5.74, 6) is -0.809. The lowest BCUT2D eigenvalue weighted by atomic mass is 10.1. The predicted molar refractivity (Wildman–Crippen MR) is 54.8 cm³/mol. The molecule has 0 saturated carbocycles. The summed E-state index contributed by atoms with van der Waals surface area (Å²) in [4.78, 5) is 22.7. The summed E-state index contributed by atoms with van der Waals surface area (Å²) in [6.07, 6.45) is 0.322. The molecule has 1 aliphatic heterocycles. The van der Waals surface area contributed by atoms with Crippen LogP contribution >= 0.6 is 0 Å². The largest absolute Gasteiger partial charge is 0.306 e. The minimum atomic E-state index is -0.598. The zero-order chi connectivity index (χ0) is 11.9. The second kappa shape index (κ2) is 3.55. The van der Waals surface area contributed by atoms with E-state index in [1.807, 2.05) is 0 Å². The number of halogens is 1. The third kappa shape index (κ3) is 1.42. The van der Waals surface area contributed by atoms with E-state index in [9.17, 15) is 19.3 Å². The SMILES string of the molecule is CC(=O)N1CCc2c(F)ccc([N+](=O)[O-])c21. The van der Waals surface area contributed by atoms with Crippen molar-refractivity contribution in [2.24, 2.45) is 0 Å². The van der Waals surface area contributed by atoms with Gasteiger partial charge in [-0.25, -0.2) is 4.39 Å². The first-order chi connectivity index (χ1) is 7.52. The van der Waals surface area contributed by atoms with Gasteiger partial charge in [-0.1, -0.05) is 0 Å². The van der Waals surface area contributed by atoms with Crippen LogP contribution in [0, 0.1) is 15.9 Å². The van der Waals surface area contributed by atoms with Gasteiger partial charge in [0, 0.05) is 25.1 Å². The summed E-state index contributed by atoms with van der Waals surface area (Å²) in [5.41, 5.74) is 0.144. The van der Waals surface area contributed by atoms with Crippen molar-refractivity contribution in [2.45, 2.75) is 13.3 Å². The second-order valence-electron chi connectivity index (χ2n) is 3.57. The summed E-state index contributed by atoms with van der Waals surface area (Å²) in [5, 5.41) is 10.8. The van der Waals surface area contributed by atoms with Gasteiger partial charge in [-0.2, -0.15) is 0 Å². The third-order valence-corrected chi connectivity index (χ3v) is 2.64. The number of benzene rings is 1. The van der Waals surface area contributed by atoms with E-state index >= 15 is 0 Å². The summed E-state index contributed by atoms with van der Waals surface area (Å²) >= 11 is 0. The highest BCUT2D eigenvalue weighted by Crippen LogP contribution is 2.38. The van der Waals surface area contributed by atoms with Crippen molar-refractivity contribution >= 4 is 17.3 Å². The molecule has 1 aromatic rings. The summed E-state index contributed by atoms with van der Waals surface area (Å²) < 4.78 is 13.4. The third-order valence-electron chi connectivity index (χ3n) is 2.64. The van der Waals surface area contributed by atoms with Crippen LogP contribution in [0.1, 0.15) is 12.5 Å². The molecule has 0 saturated heterocycles. The molecule has 1 aliphatic rings. The van der Waals surface area contributed by atoms with Crippen molar-refractivity contribution < 1.29 is 14.1 Å². The number of carbonyl (C=O) groups excluding carboxylic acids is 1. The molecule has 2 rings (SSSR count). The maximum Gasteiger partial charge on any atom is 0.293 e. The van der Waals surface area contributed by atoms with Gasteiger partial charge in [-0.15, -0.1) is 0 Å². The number of nitro benzene ring substituents is 1. The summed E-state index contributed by atoms with van der Waals surface area (Å²) in [6, 6.07) is 2.16. The van der Waals surface area contributed by atoms with Gasteiger partial charge in [-0.3, -0.25) is 14.9 Å². The Balaban J connectivity index is 2.65. The molecular formula is C10H9FN2O3. The van der Waals surface area contributed by atoms with Gasteiger partial charge in [0.15, 0.2) is 0 Å². The van der Waals surface area contributed by atoms with Crippen LogP contribution in [-0.2, 0) is 11.2 Å². The fourth-order valence-electron chi connectivity index (χ4n) is 1.94. The molecule has 0 bridgehead atoms. The van der Waals surface area contributed by atoms with Gasteiger partial charge in [0.1, 0.15) is 11.5 Å². The molecule has 0 N–H and O–H groups in total. The number of hydrogen-bond acceptors (Lipinski definition) is 3. The molecule has 0 radical (unpaired) electrons. The van der Waals surface area contributed by atoms with Crippen molar-refractivity contribution in [3.05, 3.63) is 33.6 Å². The monoisotopic (exact) mass is 224 g/mol. The molecule has 5 nitrogen and oxygen atoms in total. The number of rotatable bonds is 1. The van der Waals surface area contributed by atoms with Gasteiger partial charge in [0.25, 0.3) is 5.69 Å². The Morgan fingerprint density at radius 2 is 2.25 bits per heavy atom. The number of carbonyl (C=O) groups is 1. The minimum Gasteiger partial charge on any atom is -0.306 e. The molecule has 0 unspecified atom stereocenters. The van der Waals surface area contributed by atoms with Gasteiger partial charge in [-0.05, 0) is 12.5 Å². The fourth-order valence-corrected chi connectivity index (χ4v) is 1.94. The maximum atomic E-state index is 13.4. The molecule has 6 heteroatoms. The van der Waals surface area contributed by atoms with Gasteiger partial charge in [0.05, 0.1) is 4.92 Å². The average molecular weight is 224 g/mol. The minimum absolute atomic E-state index is 0.109. The van der Waals surface area contributed by atoms with Crippen LogP contribution in [0.3, 0.4) is 0 Å². The Morgan fingerprint density at radius 3 is 2.81 bits per heavy atom. The van der Waals surface area contributed by atoms with Crippen molar-refractivity contribution in [1.82, 2.24) is 0 Å². The predicted octanol–water partition coefficient (Wildman–Crippen LogP) is 1.64. The fraction of sp³-hybridized carbons (Fsp3) is 0.300. The van der Waals surface area contributed by atoms with E-state index in [0.717, 1.165) is 12.1 Å². The summed E-state index contributed by atoms with van der Waals surface area (Å²) in [6.45, 7) is 1.61. The maximum absolute atomic E-state index is 13.4. The molecule has 84 valence electrons. The standard InChI is InChI=1S/C10H9FN2O3/c1-6(14)12-5-4-7-8(11)2-3-9(10(7)12)13(15)16/h2-3H,4-5H2,1H3. The van der Waals surface area contributed by atoms with Crippen LogP contribution in [0.2, 0.25) is 0 Å². The number of nitrogens with zero attached hydrogens (tertiary/aromatic N) is 2. The number of anilines is 1. The Hall–Kier alpha value is -1.98. The van der Waals surface area contributed by atoms with Crippen LogP contribution in [0.5, 0.6) is 0 Å². The van der Waals surface area contributed by atoms with Crippen LogP contribution < -0.4 is 4.90 Å². The molecule has 16 heavy (non-hydrogen) atoms. The van der Waals surface area contributed by atoms with E-state index < -0.39 is 10.7 Å². The van der Waals surface area contributed by atoms with E-state index in [1.54, 1.807) is 0 Å². The first-order valence-electron chi connectivity index (χ1n) is 4.76. The second-order valence-corrected chi connectivity index (χ2v) is 3.57. The lowest BCUT2D eigenvalue weighted by Crippen LogP contribution is -2.26. The molecule has 0 atom stereocenters. The Labute approximate surface area is 90.6 Å². The van der Waals surface area contributed by atoms with E-state index in [-0.39, 0.29) is 22.8 Å². The smallest absolute Gasteiger partial charge is 0.293 e. The van der Waals surface area contributed by atoms with Crippen molar-refractivity contribution in [2.75, 3.05) is 11.4 Å². The van der Waals surface area contributed by atoms with E-state index in [2.05, 4.69) is 0 Å².